The Kier molecular flexibility index (Phi) is 3.15. The molecule has 2 nitrogen and oxygen atoms in total. The fraction of sp³-hybridized carbons (Fsp3) is 0.615. The molecule has 0 aliphatic heterocycles. The summed E-state index contributed by atoms with van der Waals surface area (Å²) in [6, 6.07) is 3.70. The first kappa shape index (κ1) is 11.8. The second-order valence-corrected chi connectivity index (χ2v) is 5.72. The van der Waals surface area contributed by atoms with E-state index < -0.39 is 0 Å². The van der Waals surface area contributed by atoms with Gasteiger partial charge in [-0.15, -0.1) is 0 Å². The molecule has 0 saturated carbocycles. The van der Waals surface area contributed by atoms with Gasteiger partial charge in [-0.25, -0.2) is 0 Å². The highest BCUT2D eigenvalue weighted by Gasteiger charge is 2.22. The minimum absolute atomic E-state index is 0.0741. The molecule has 1 aliphatic rings. The van der Waals surface area contributed by atoms with Gasteiger partial charge in [-0.3, -0.25) is 4.79 Å². The normalized spacial score (nSPS) is 15.2. The molecule has 0 bridgehead atoms. The quantitative estimate of drug-likeness (QED) is 0.801. The van der Waals surface area contributed by atoms with Crippen molar-refractivity contribution in [3.8, 4) is 0 Å². The molecule has 1 heterocycles. The van der Waals surface area contributed by atoms with Gasteiger partial charge in [0.25, 0.3) is 5.56 Å². The van der Waals surface area contributed by atoms with Crippen LogP contribution in [0.2, 0.25) is 0 Å². The van der Waals surface area contributed by atoms with Crippen LogP contribution in [0.5, 0.6) is 0 Å². The van der Waals surface area contributed by atoms with E-state index in [1.165, 1.54) is 17.7 Å². The van der Waals surface area contributed by atoms with Crippen LogP contribution in [0, 0.1) is 5.41 Å². The molecule has 0 saturated heterocycles. The van der Waals surface area contributed by atoms with Gasteiger partial charge in [0.15, 0.2) is 0 Å². The van der Waals surface area contributed by atoms with Crippen molar-refractivity contribution in [2.45, 2.75) is 39.7 Å². The highest BCUT2D eigenvalue weighted by molar-refractivity contribution is 7.80. The SMILES string of the molecule is CC(C)(CS)Cn1c2c(ccc1=O)CCC2. The Balaban J connectivity index is 2.41. The fourth-order valence-corrected chi connectivity index (χ4v) is 2.39. The average Bonchev–Trinajstić information content (AvgIpc) is 2.70. The van der Waals surface area contributed by atoms with Gasteiger partial charge in [-0.1, -0.05) is 19.9 Å². The molecule has 3 heteroatoms. The Morgan fingerprint density at radius 2 is 2.12 bits per heavy atom. The third-order valence-corrected chi connectivity index (χ3v) is 4.12. The van der Waals surface area contributed by atoms with E-state index in [9.17, 15) is 4.79 Å². The molecule has 0 radical (unpaired) electrons. The molecule has 2 rings (SSSR count). The van der Waals surface area contributed by atoms with Crippen LogP contribution in [0.3, 0.4) is 0 Å². The van der Waals surface area contributed by atoms with Gasteiger partial charge in [0, 0.05) is 18.3 Å². The molecule has 88 valence electrons. The van der Waals surface area contributed by atoms with E-state index >= 15 is 0 Å². The topological polar surface area (TPSA) is 22.0 Å². The molecular formula is C13H19NOS. The summed E-state index contributed by atoms with van der Waals surface area (Å²) in [4.78, 5) is 11.9. The van der Waals surface area contributed by atoms with Crippen molar-refractivity contribution in [1.29, 1.82) is 0 Å². The molecule has 1 aromatic heterocycles. The second kappa shape index (κ2) is 4.28. The van der Waals surface area contributed by atoms with Gasteiger partial charge in [0.05, 0.1) is 0 Å². The van der Waals surface area contributed by atoms with Gasteiger partial charge < -0.3 is 4.57 Å². The predicted molar refractivity (Wildman–Crippen MR) is 70.4 cm³/mol. The maximum Gasteiger partial charge on any atom is 0.250 e. The summed E-state index contributed by atoms with van der Waals surface area (Å²) in [5.74, 6) is 0.795. The van der Waals surface area contributed by atoms with Crippen molar-refractivity contribution in [1.82, 2.24) is 4.57 Å². The van der Waals surface area contributed by atoms with Crippen LogP contribution in [0.4, 0.5) is 0 Å². The lowest BCUT2D eigenvalue weighted by Gasteiger charge is -2.25. The molecule has 1 aliphatic carbocycles. The van der Waals surface area contributed by atoms with E-state index in [0.29, 0.717) is 0 Å². The van der Waals surface area contributed by atoms with Crippen LogP contribution in [0.15, 0.2) is 16.9 Å². The zero-order chi connectivity index (χ0) is 11.8. The Labute approximate surface area is 102 Å². The van der Waals surface area contributed by atoms with E-state index in [-0.39, 0.29) is 11.0 Å². The average molecular weight is 237 g/mol. The number of aromatic nitrogens is 1. The lowest BCUT2D eigenvalue weighted by atomic mass is 9.96. The first-order valence-corrected chi connectivity index (χ1v) is 6.49. The largest absolute Gasteiger partial charge is 0.312 e. The van der Waals surface area contributed by atoms with E-state index in [1.807, 2.05) is 10.6 Å². The smallest absolute Gasteiger partial charge is 0.250 e. The highest BCUT2D eigenvalue weighted by Crippen LogP contribution is 2.24. The molecule has 0 fully saturated rings. The van der Waals surface area contributed by atoms with Crippen LogP contribution in [-0.4, -0.2) is 10.3 Å². The molecular weight excluding hydrogens is 218 g/mol. The summed E-state index contributed by atoms with van der Waals surface area (Å²) in [5.41, 5.74) is 2.82. The standard InChI is InChI=1S/C13H19NOS/c1-13(2,9-16)8-14-11-5-3-4-10(11)6-7-12(14)15/h6-7,16H,3-5,8-9H2,1-2H3. The van der Waals surface area contributed by atoms with Gasteiger partial charge >= 0.3 is 0 Å². The van der Waals surface area contributed by atoms with Crippen molar-refractivity contribution in [2.24, 2.45) is 5.41 Å². The Morgan fingerprint density at radius 1 is 1.38 bits per heavy atom. The zero-order valence-electron chi connectivity index (χ0n) is 9.99. The van der Waals surface area contributed by atoms with E-state index in [4.69, 9.17) is 0 Å². The summed E-state index contributed by atoms with van der Waals surface area (Å²) >= 11 is 4.36. The van der Waals surface area contributed by atoms with Gasteiger partial charge in [0.2, 0.25) is 0 Å². The monoisotopic (exact) mass is 237 g/mol. The number of hydrogen-bond acceptors (Lipinski definition) is 2. The summed E-state index contributed by atoms with van der Waals surface area (Å²) < 4.78 is 1.96. The molecule has 0 N–H and O–H groups in total. The van der Waals surface area contributed by atoms with Crippen molar-refractivity contribution < 1.29 is 0 Å². The van der Waals surface area contributed by atoms with Crippen LogP contribution >= 0.6 is 12.6 Å². The number of hydrogen-bond donors (Lipinski definition) is 1. The van der Waals surface area contributed by atoms with Crippen molar-refractivity contribution in [2.75, 3.05) is 5.75 Å². The number of pyridine rings is 1. The third kappa shape index (κ3) is 2.19. The number of aryl methyl sites for hydroxylation is 1. The van der Waals surface area contributed by atoms with Crippen LogP contribution in [-0.2, 0) is 19.4 Å². The summed E-state index contributed by atoms with van der Waals surface area (Å²) in [5, 5.41) is 0. The molecule has 0 atom stereocenters. The van der Waals surface area contributed by atoms with Crippen molar-refractivity contribution in [3.05, 3.63) is 33.7 Å². The molecule has 0 unspecified atom stereocenters. The van der Waals surface area contributed by atoms with Crippen molar-refractivity contribution in [3.63, 3.8) is 0 Å². The molecule has 0 spiro atoms. The molecule has 16 heavy (non-hydrogen) atoms. The Bertz CT molecular complexity index is 448. The number of nitrogens with zero attached hydrogens (tertiary/aromatic N) is 1. The predicted octanol–water partition coefficient (Wildman–Crippen LogP) is 2.29. The molecule has 1 aromatic rings. The minimum Gasteiger partial charge on any atom is -0.312 e. The first-order valence-electron chi connectivity index (χ1n) is 5.86. The molecule has 0 amide bonds. The molecule has 0 aromatic carbocycles. The van der Waals surface area contributed by atoms with Crippen molar-refractivity contribution >= 4 is 12.6 Å². The van der Waals surface area contributed by atoms with Gasteiger partial charge in [-0.2, -0.15) is 12.6 Å². The van der Waals surface area contributed by atoms with E-state index in [2.05, 4.69) is 26.5 Å². The maximum absolute atomic E-state index is 11.9. The van der Waals surface area contributed by atoms with Gasteiger partial charge in [-0.05, 0) is 36.0 Å². The number of thiol groups is 1. The third-order valence-electron chi connectivity index (χ3n) is 3.26. The van der Waals surface area contributed by atoms with E-state index in [1.54, 1.807) is 6.07 Å². The first-order chi connectivity index (χ1) is 7.53. The fourth-order valence-electron chi connectivity index (χ4n) is 2.29. The Morgan fingerprint density at radius 3 is 2.81 bits per heavy atom. The zero-order valence-corrected chi connectivity index (χ0v) is 10.9. The van der Waals surface area contributed by atoms with Crippen LogP contribution < -0.4 is 5.56 Å². The maximum atomic E-state index is 11.9. The number of fused-ring (bicyclic) bond motifs is 1. The lowest BCUT2D eigenvalue weighted by molar-refractivity contribution is 0.342. The lowest BCUT2D eigenvalue weighted by Crippen LogP contribution is -2.31. The second-order valence-electron chi connectivity index (χ2n) is 5.41. The summed E-state index contributed by atoms with van der Waals surface area (Å²) in [7, 11) is 0. The van der Waals surface area contributed by atoms with Crippen LogP contribution in [0.1, 0.15) is 31.5 Å². The number of rotatable bonds is 3. The minimum atomic E-state index is 0.0741. The summed E-state index contributed by atoms with van der Waals surface area (Å²) in [6.45, 7) is 5.08. The van der Waals surface area contributed by atoms with Gasteiger partial charge in [0.1, 0.15) is 0 Å². The van der Waals surface area contributed by atoms with E-state index in [0.717, 1.165) is 25.1 Å². The van der Waals surface area contributed by atoms with Crippen LogP contribution in [0.25, 0.3) is 0 Å². The Hall–Kier alpha value is -0.700. The summed E-state index contributed by atoms with van der Waals surface area (Å²) in [6.07, 6.45) is 3.35. The highest BCUT2D eigenvalue weighted by atomic mass is 32.1.